The van der Waals surface area contributed by atoms with Crippen LogP contribution in [0, 0.1) is 74.7 Å². The van der Waals surface area contributed by atoms with E-state index in [9.17, 15) is 0 Å². The van der Waals surface area contributed by atoms with Crippen molar-refractivity contribution in [2.24, 2.45) is 28.2 Å². The summed E-state index contributed by atoms with van der Waals surface area (Å²) in [6.07, 6.45) is 12.5. The molecule has 0 N–H and O–H groups in total. The molecule has 12 aromatic carbocycles. The van der Waals surface area contributed by atoms with E-state index in [1.807, 2.05) is 264 Å². The van der Waals surface area contributed by atoms with Crippen LogP contribution in [0.2, 0.25) is 0 Å². The average Bonchev–Trinajstić information content (AvgIpc) is 1.61. The third kappa shape index (κ3) is 15.7. The van der Waals surface area contributed by atoms with Crippen LogP contribution in [0.4, 0.5) is 22.7 Å². The van der Waals surface area contributed by atoms with E-state index in [0.29, 0.717) is 102 Å². The highest BCUT2D eigenvalue weighted by Gasteiger charge is 2.32. The largest absolute Gasteiger partial charge is 0.456 e. The Hall–Kier alpha value is -15.6. The fraction of sp³-hybridized carbons (Fsp3) is 0.207. The zero-order valence-electron chi connectivity index (χ0n) is 88.7. The molecule has 12 nitrogen and oxygen atoms in total. The van der Waals surface area contributed by atoms with E-state index in [0.717, 1.165) is 212 Å². The number of hydrogen-bond donors (Lipinski definition) is 0. The molecule has 2 saturated carbocycles. The number of aromatic nitrogens is 4. The molecule has 22 rings (SSSR count). The lowest BCUT2D eigenvalue weighted by Crippen LogP contribution is -2.36. The molecule has 133 heavy (non-hydrogen) atoms. The van der Waals surface area contributed by atoms with Gasteiger partial charge in [0.1, 0.15) is 72.9 Å². The Morgan fingerprint density at radius 2 is 0.586 bits per heavy atom. The molecule has 8 heterocycles. The van der Waals surface area contributed by atoms with Crippen LogP contribution in [0.5, 0.6) is 0 Å². The first kappa shape index (κ1) is 73.2. The third-order valence-corrected chi connectivity index (χ3v) is 26.8. The molecule has 0 saturated heterocycles. The number of aryl methyl sites for hydroxylation is 6. The van der Waals surface area contributed by atoms with Crippen LogP contribution in [-0.2, 0) is 28.2 Å². The Kier molecular flexibility index (Phi) is 20.0. The standard InChI is InChI=1S/C32H29N2O.C31H27N2O.C30H27N2O.C28H23N2O/c1-21-14-16-25-26-17-18-27(33-2)30(23-12-8-5-9-13-23)32(26)35-31(25)29(21)28-19-15-24(20-34(28)3)22-10-6-4-7-11-22;1-20-13-15-24-25-16-17-26(32-2)29(22-11-5-4-6-12-22)31(25)34-30(24)28(20)27-18-14-23(19-33(27)3)21-9-7-8-10-21;1-18(2)22-15-17-26(32(6)20(22)4)27-19(3)12-13-23-24-14-16-25(31-5)28(30(24)33-29(23)27)21-10-8-7-9-11-21;1-17-12-16-24(30(5)19(17)3)25-18(2)11-13-21-22-14-15-23(29-4)26(28(22)31-27(21)25)20-9-7-6-8-10-20/h5,8-9,12-20,22H,4,6-7,10-11H2,1,3H3;4-6,11-19,21H,7-10H2,1,3H3;7-18H,1-4,6H3;6-16H,1-3,5H3/q4*+1/i15D,22D;14D,21D;15D,17D,18D;1D3,12D,16D. The van der Waals surface area contributed by atoms with Crippen molar-refractivity contribution in [2.75, 3.05) is 0 Å². The van der Waals surface area contributed by atoms with Gasteiger partial charge in [-0.15, -0.1) is 0 Å². The SMILES string of the molecule is [2H]c1c([2H])c(-c2c(C)ccc3c2oc2c(-c4ccccc4)c([N+]#[C-])ccc23)[n+](C)c(C)c1C([2H])(C)C.[2H]c1c([2H])c(-c2c(C)ccc3c2oc2c(-c4ccccc4)c([N+]#[C-])ccc23)[n+](C)c(C)c1C([2H])([2H])[2H].[2H]c1cc(-c2c(C)ccc3c2oc2c(-c4ccccc4)c([N+]#[C-])ccc23)[n+](C)cc1C1([2H])CCCC1.[2H]c1cc(-c2c(C)ccc3c2oc2c(-c4ccccc4)c([N+]#[C-])ccc23)[n+](C)cc1C1([2H])CCCCC1. The third-order valence-electron chi connectivity index (χ3n) is 26.8. The Morgan fingerprint density at radius 1 is 0.316 bits per heavy atom. The summed E-state index contributed by atoms with van der Waals surface area (Å²) in [6, 6.07) is 75.0. The van der Waals surface area contributed by atoms with Crippen LogP contribution < -0.4 is 18.3 Å². The predicted molar refractivity (Wildman–Crippen MR) is 542 cm³/mol. The minimum atomic E-state index is -2.51. The molecule has 0 spiro atoms. The highest BCUT2D eigenvalue weighted by molar-refractivity contribution is 6.19. The van der Waals surface area contributed by atoms with E-state index in [2.05, 4.69) is 62.1 Å². The van der Waals surface area contributed by atoms with E-state index in [4.69, 9.17) is 60.4 Å². The molecule has 0 aliphatic heterocycles. The van der Waals surface area contributed by atoms with Crippen LogP contribution in [0.15, 0.2) is 297 Å². The fourth-order valence-electron chi connectivity index (χ4n) is 19.6. The maximum atomic E-state index is 9.09. The zero-order valence-corrected chi connectivity index (χ0v) is 76.7. The molecule has 8 aromatic heterocycles. The van der Waals surface area contributed by atoms with Crippen molar-refractivity contribution in [3.05, 3.63) is 381 Å². The molecular weight excluding hydrogens is 1630 g/mol. The Morgan fingerprint density at radius 3 is 0.880 bits per heavy atom. The highest BCUT2D eigenvalue weighted by Crippen LogP contribution is 2.51. The van der Waals surface area contributed by atoms with Gasteiger partial charge in [-0.25, -0.2) is 28.5 Å². The average molecular weight is 1750 g/mol. The number of hydrogen-bond acceptors (Lipinski definition) is 4. The van der Waals surface area contributed by atoms with Gasteiger partial charge in [0.05, 0.1) is 56.8 Å². The van der Waals surface area contributed by atoms with E-state index in [1.165, 1.54) is 6.42 Å². The Labute approximate surface area is 794 Å². The quantitative estimate of drug-likeness (QED) is 0.0954. The predicted octanol–water partition coefficient (Wildman–Crippen LogP) is 32.2. The van der Waals surface area contributed by atoms with Crippen LogP contribution >= 0.6 is 0 Å². The van der Waals surface area contributed by atoms with Crippen LogP contribution in [0.3, 0.4) is 0 Å². The summed E-state index contributed by atoms with van der Waals surface area (Å²) in [4.78, 5) is 15.1. The van der Waals surface area contributed by atoms with Gasteiger partial charge in [-0.05, 0) is 147 Å². The molecule has 12 heteroatoms. The molecule has 2 aliphatic carbocycles. The lowest BCUT2D eigenvalue weighted by atomic mass is 9.84. The molecule has 20 aromatic rings. The number of benzene rings is 12. The minimum absolute atomic E-state index is 0.0633. The fourth-order valence-corrected chi connectivity index (χ4v) is 19.6. The summed E-state index contributed by atoms with van der Waals surface area (Å²) in [7, 11) is 7.58. The molecule has 650 valence electrons. The van der Waals surface area contributed by atoms with Gasteiger partial charge in [-0.1, -0.05) is 264 Å². The van der Waals surface area contributed by atoms with Gasteiger partial charge in [0.2, 0.25) is 22.8 Å². The van der Waals surface area contributed by atoms with Gasteiger partial charge in [0.25, 0.3) is 0 Å². The molecule has 0 amide bonds. The van der Waals surface area contributed by atoms with E-state index >= 15 is 0 Å². The van der Waals surface area contributed by atoms with E-state index in [1.54, 1.807) is 38.5 Å². The second-order valence-corrected chi connectivity index (χ2v) is 35.1. The first-order valence-corrected chi connectivity index (χ1v) is 45.1. The van der Waals surface area contributed by atoms with Gasteiger partial charge in [-0.3, -0.25) is 0 Å². The van der Waals surface area contributed by atoms with Crippen molar-refractivity contribution in [3.8, 4) is 89.5 Å². The van der Waals surface area contributed by atoms with Crippen LogP contribution in [0.25, 0.3) is 197 Å². The van der Waals surface area contributed by atoms with Gasteiger partial charge in [-0.2, -0.15) is 9.13 Å². The summed E-state index contributed by atoms with van der Waals surface area (Å²) in [5.41, 5.74) is 27.3. The molecule has 2 fully saturated rings. The summed E-state index contributed by atoms with van der Waals surface area (Å²) in [5, 5.41) is 7.38. The number of rotatable bonds is 11. The molecule has 2 aliphatic rings. The Bertz CT molecular complexity index is 8590. The van der Waals surface area contributed by atoms with E-state index in [-0.39, 0.29) is 29.7 Å². The molecule has 0 radical (unpaired) electrons. The number of nitrogens with zero attached hydrogens (tertiary/aromatic N) is 8. The van der Waals surface area contributed by atoms with E-state index < -0.39 is 24.5 Å². The second kappa shape index (κ2) is 36.4. The first-order valence-electron chi connectivity index (χ1n) is 51.1. The summed E-state index contributed by atoms with van der Waals surface area (Å²) >= 11 is 0. The topological polar surface area (TPSA) is 85.5 Å². The number of furan rings is 4. The Balaban J connectivity index is 0.000000122. The van der Waals surface area contributed by atoms with Gasteiger partial charge >= 0.3 is 0 Å². The number of pyridine rings is 4. The smallest absolute Gasteiger partial charge is 0.216 e. The van der Waals surface area contributed by atoms with Crippen LogP contribution in [0.1, 0.15) is 162 Å². The molecule has 0 bridgehead atoms. The van der Waals surface area contributed by atoms with Crippen molar-refractivity contribution in [2.45, 2.75) is 138 Å². The summed E-state index contributed by atoms with van der Waals surface area (Å²) in [6.45, 7) is 43.5. The van der Waals surface area contributed by atoms with Gasteiger partial charge in [0.15, 0.2) is 46.5 Å². The van der Waals surface area contributed by atoms with Crippen molar-refractivity contribution in [3.63, 3.8) is 0 Å². The first-order chi connectivity index (χ1) is 69.4. The highest BCUT2D eigenvalue weighted by atomic mass is 16.3. The normalized spacial score (nSPS) is 14.8. The van der Waals surface area contributed by atoms with Crippen molar-refractivity contribution in [1.82, 2.24) is 0 Å². The number of fused-ring (bicyclic) bond motifs is 12. The van der Waals surface area contributed by atoms with Crippen molar-refractivity contribution < 1.29 is 52.4 Å². The zero-order chi connectivity index (χ0) is 103. The van der Waals surface area contributed by atoms with Crippen molar-refractivity contribution >= 4 is 111 Å². The maximum absolute atomic E-state index is 9.09. The van der Waals surface area contributed by atoms with Gasteiger partial charge < -0.3 is 17.7 Å². The minimum Gasteiger partial charge on any atom is -0.456 e. The molecule has 0 unspecified atom stereocenters. The van der Waals surface area contributed by atoms with Crippen molar-refractivity contribution in [1.29, 1.82) is 0 Å². The van der Waals surface area contributed by atoms with Gasteiger partial charge in [0, 0.05) is 134 Å². The lowest BCUT2D eigenvalue weighted by Gasteiger charge is -2.21. The maximum Gasteiger partial charge on any atom is 0.216 e. The van der Waals surface area contributed by atoms with Crippen LogP contribution in [-0.4, -0.2) is 0 Å². The molecule has 0 atom stereocenters. The summed E-state index contributed by atoms with van der Waals surface area (Å²) < 4.78 is 137. The lowest BCUT2D eigenvalue weighted by molar-refractivity contribution is -0.667. The monoisotopic (exact) mass is 1750 g/mol. The molecular formula is C121H106N8O4+4. The summed E-state index contributed by atoms with van der Waals surface area (Å²) in [5.74, 6) is -2.37. The second-order valence-electron chi connectivity index (χ2n) is 35.1.